The fourth-order valence-corrected chi connectivity index (χ4v) is 1.64. The maximum absolute atomic E-state index is 10.7. The van der Waals surface area contributed by atoms with Crippen molar-refractivity contribution in [1.82, 2.24) is 0 Å². The van der Waals surface area contributed by atoms with E-state index in [4.69, 9.17) is 9.11 Å². The van der Waals surface area contributed by atoms with Gasteiger partial charge >= 0.3 is 10.4 Å². The van der Waals surface area contributed by atoms with Crippen LogP contribution < -0.4 is 0 Å². The molecule has 0 aliphatic rings. The van der Waals surface area contributed by atoms with Gasteiger partial charge in [-0.25, -0.2) is 8.39 Å². The Morgan fingerprint density at radius 2 is 1.29 bits per heavy atom. The van der Waals surface area contributed by atoms with Gasteiger partial charge in [0.25, 0.3) is 0 Å². The standard InChI is InChI=1S/C9H12O7S2.C3H8/c1-17(10,11)15-6-8-2-4-9(5-3-8)7-16-18(12,13)14;1-3-2/h2-5H,1,6-7H2,(H,10,11)(H,12,13,14);3H2,1-2H3. The lowest BCUT2D eigenvalue weighted by atomic mass is 10.1. The van der Waals surface area contributed by atoms with E-state index >= 15 is 0 Å². The lowest BCUT2D eigenvalue weighted by molar-refractivity contribution is 0.259. The molecule has 2 N–H and O–H groups in total. The van der Waals surface area contributed by atoms with E-state index in [-0.39, 0.29) is 13.2 Å². The lowest BCUT2D eigenvalue weighted by Crippen LogP contribution is -2.04. The molecule has 1 aromatic carbocycles. The van der Waals surface area contributed by atoms with E-state index in [2.05, 4.69) is 28.1 Å². The molecule has 1 rings (SSSR count). The van der Waals surface area contributed by atoms with Crippen LogP contribution in [0.15, 0.2) is 24.3 Å². The summed E-state index contributed by atoms with van der Waals surface area (Å²) in [7, 11) is -7.97. The van der Waals surface area contributed by atoms with Crippen molar-refractivity contribution in [3.05, 3.63) is 35.4 Å². The van der Waals surface area contributed by atoms with Crippen LogP contribution in [0.2, 0.25) is 0 Å². The van der Waals surface area contributed by atoms with E-state index in [0.29, 0.717) is 11.1 Å². The minimum atomic E-state index is -4.47. The van der Waals surface area contributed by atoms with Crippen LogP contribution in [0.5, 0.6) is 0 Å². The van der Waals surface area contributed by atoms with Gasteiger partial charge in [-0.2, -0.15) is 8.42 Å². The third-order valence-electron chi connectivity index (χ3n) is 1.81. The third kappa shape index (κ3) is 12.5. The second-order valence-corrected chi connectivity index (χ2v) is 6.55. The summed E-state index contributed by atoms with van der Waals surface area (Å²) < 4.78 is 57.3. The smallest absolute Gasteiger partial charge is 0.294 e. The summed E-state index contributed by atoms with van der Waals surface area (Å²) in [6, 6.07) is 6.19. The minimum Gasteiger partial charge on any atom is -0.294 e. The molecule has 0 fully saturated rings. The van der Waals surface area contributed by atoms with Crippen LogP contribution in [-0.4, -0.2) is 27.6 Å². The Balaban J connectivity index is 0.00000122. The maximum atomic E-state index is 10.7. The molecule has 9 heteroatoms. The Hall–Kier alpha value is -0.970. The van der Waals surface area contributed by atoms with Crippen molar-refractivity contribution in [2.24, 2.45) is 0 Å². The van der Waals surface area contributed by atoms with E-state index in [9.17, 15) is 12.6 Å². The van der Waals surface area contributed by atoms with Gasteiger partial charge in [-0.3, -0.25) is 13.3 Å². The molecule has 0 saturated heterocycles. The van der Waals surface area contributed by atoms with Crippen LogP contribution >= 0.6 is 0 Å². The summed E-state index contributed by atoms with van der Waals surface area (Å²) in [6.45, 7) is 3.85. The molecule has 0 radical (unpaired) electrons. The zero-order chi connectivity index (χ0) is 16.5. The molecule has 122 valence electrons. The molecular weight excluding hydrogens is 320 g/mol. The molecule has 0 aromatic heterocycles. The Morgan fingerprint density at radius 3 is 1.57 bits per heavy atom. The molecule has 0 heterocycles. The summed E-state index contributed by atoms with van der Waals surface area (Å²) in [6.07, 6.45) is 1.25. The van der Waals surface area contributed by atoms with Crippen molar-refractivity contribution in [1.29, 1.82) is 0 Å². The second kappa shape index (κ2) is 9.13. The van der Waals surface area contributed by atoms with Gasteiger partial charge in [0.1, 0.15) is 0 Å². The van der Waals surface area contributed by atoms with Gasteiger partial charge in [0.15, 0.2) is 10.1 Å². The number of hydrogen-bond donors (Lipinski definition) is 2. The fourth-order valence-electron chi connectivity index (χ4n) is 1.03. The first-order valence-corrected chi connectivity index (χ1v) is 8.98. The number of rotatable bonds is 6. The molecule has 1 unspecified atom stereocenters. The highest BCUT2D eigenvalue weighted by Crippen LogP contribution is 2.08. The third-order valence-corrected chi connectivity index (χ3v) is 2.71. The topological polar surface area (TPSA) is 110 Å². The largest absolute Gasteiger partial charge is 0.397 e. The van der Waals surface area contributed by atoms with Crippen LogP contribution in [0, 0.1) is 0 Å². The zero-order valence-electron chi connectivity index (χ0n) is 11.9. The Morgan fingerprint density at radius 1 is 0.952 bits per heavy atom. The van der Waals surface area contributed by atoms with E-state index < -0.39 is 20.5 Å². The van der Waals surface area contributed by atoms with Crippen molar-refractivity contribution in [3.63, 3.8) is 0 Å². The van der Waals surface area contributed by atoms with Crippen molar-refractivity contribution >= 4 is 26.4 Å². The molecule has 0 amide bonds. The van der Waals surface area contributed by atoms with Crippen LogP contribution in [0.1, 0.15) is 31.4 Å². The van der Waals surface area contributed by atoms with E-state index in [1.165, 1.54) is 18.6 Å². The Bertz CT molecular complexity index is 549. The van der Waals surface area contributed by atoms with Crippen molar-refractivity contribution in [3.8, 4) is 0 Å². The van der Waals surface area contributed by atoms with Gasteiger partial charge in [-0.15, -0.1) is 0 Å². The molecule has 1 aromatic rings. The number of benzene rings is 1. The van der Waals surface area contributed by atoms with Gasteiger partial charge in [0, 0.05) is 5.87 Å². The summed E-state index contributed by atoms with van der Waals surface area (Å²) in [5.74, 6) is 2.91. The summed E-state index contributed by atoms with van der Waals surface area (Å²) >= 11 is 0. The summed E-state index contributed by atoms with van der Waals surface area (Å²) in [4.78, 5) is 0. The average Bonchev–Trinajstić information content (AvgIpc) is 2.34. The highest BCUT2D eigenvalue weighted by Gasteiger charge is 2.05. The highest BCUT2D eigenvalue weighted by molar-refractivity contribution is 7.90. The molecular formula is C12H20O7S2. The van der Waals surface area contributed by atoms with Gasteiger partial charge in [0.2, 0.25) is 0 Å². The predicted molar refractivity (Wildman–Crippen MR) is 81.4 cm³/mol. The van der Waals surface area contributed by atoms with Gasteiger partial charge in [-0.1, -0.05) is 44.5 Å². The van der Waals surface area contributed by atoms with Crippen molar-refractivity contribution < 1.29 is 30.1 Å². The monoisotopic (exact) mass is 340 g/mol. The SMILES string of the molecule is C=S(=O)(O)OCc1ccc(COS(=O)(=O)O)cc1.CCC. The van der Waals surface area contributed by atoms with Crippen molar-refractivity contribution in [2.75, 3.05) is 0 Å². The molecule has 0 spiro atoms. The van der Waals surface area contributed by atoms with E-state index in [0.717, 1.165) is 0 Å². The molecule has 0 saturated carbocycles. The second-order valence-electron chi connectivity index (χ2n) is 4.06. The van der Waals surface area contributed by atoms with E-state index in [1.54, 1.807) is 12.1 Å². The fraction of sp³-hybridized carbons (Fsp3) is 0.417. The molecule has 1 atom stereocenters. The van der Waals surface area contributed by atoms with Crippen LogP contribution in [0.4, 0.5) is 0 Å². The first-order valence-electron chi connectivity index (χ1n) is 6.01. The summed E-state index contributed by atoms with van der Waals surface area (Å²) in [5, 5.41) is 0. The van der Waals surface area contributed by atoms with Crippen LogP contribution in [0.25, 0.3) is 0 Å². The zero-order valence-corrected chi connectivity index (χ0v) is 13.5. The predicted octanol–water partition coefficient (Wildman–Crippen LogP) is 2.04. The maximum Gasteiger partial charge on any atom is 0.397 e. The van der Waals surface area contributed by atoms with Crippen LogP contribution in [0.3, 0.4) is 0 Å². The molecule has 7 nitrogen and oxygen atoms in total. The Kier molecular flexibility index (Phi) is 8.71. The highest BCUT2D eigenvalue weighted by atomic mass is 32.3. The average molecular weight is 340 g/mol. The summed E-state index contributed by atoms with van der Waals surface area (Å²) in [5.41, 5.74) is 1.12. The normalized spacial score (nSPS) is 13.9. The van der Waals surface area contributed by atoms with Crippen LogP contribution in [-0.2, 0) is 42.1 Å². The lowest BCUT2D eigenvalue weighted by Gasteiger charge is -2.05. The molecule has 0 aliphatic heterocycles. The molecule has 0 bridgehead atoms. The first-order chi connectivity index (χ1) is 9.57. The van der Waals surface area contributed by atoms with Gasteiger partial charge < -0.3 is 0 Å². The molecule has 21 heavy (non-hydrogen) atoms. The Labute approximate surface area is 125 Å². The van der Waals surface area contributed by atoms with Crippen molar-refractivity contribution in [2.45, 2.75) is 33.5 Å². The minimum absolute atomic E-state index is 0.0989. The number of hydrogen-bond acceptors (Lipinski definition) is 5. The van der Waals surface area contributed by atoms with E-state index in [1.807, 2.05) is 0 Å². The van der Waals surface area contributed by atoms with Gasteiger partial charge in [0.05, 0.1) is 13.2 Å². The molecule has 0 aliphatic carbocycles. The quantitative estimate of drug-likeness (QED) is 0.602. The van der Waals surface area contributed by atoms with Gasteiger partial charge in [-0.05, 0) is 11.1 Å². The first kappa shape index (κ1) is 20.0.